The highest BCUT2D eigenvalue weighted by atomic mass is 32.1. The van der Waals surface area contributed by atoms with Gasteiger partial charge in [-0.25, -0.2) is 0 Å². The molecule has 0 spiro atoms. The number of hydrogen-bond donors (Lipinski definition) is 0. The Morgan fingerprint density at radius 1 is 0.500 bits per heavy atom. The van der Waals surface area contributed by atoms with E-state index >= 15 is 0 Å². The molecule has 9 aromatic carbocycles. The highest BCUT2D eigenvalue weighted by Crippen LogP contribution is 2.59. The first-order valence-corrected chi connectivity index (χ1v) is 23.0. The van der Waals surface area contributed by atoms with Crippen LogP contribution >= 0.6 is 11.3 Å². The molecule has 1 atom stereocenters. The van der Waals surface area contributed by atoms with Gasteiger partial charge in [-0.3, -0.25) is 0 Å². The Kier molecular flexibility index (Phi) is 8.47. The maximum atomic E-state index is 6.87. The summed E-state index contributed by atoms with van der Waals surface area (Å²) < 4.78 is 9.55. The molecule has 13 rings (SSSR count). The van der Waals surface area contributed by atoms with E-state index in [4.69, 9.17) is 4.42 Å². The van der Waals surface area contributed by atoms with Crippen molar-refractivity contribution >= 4 is 70.4 Å². The number of anilines is 2. The Hall–Kier alpha value is -7.72. The first-order valence-electron chi connectivity index (χ1n) is 22.2. The van der Waals surface area contributed by atoms with Crippen LogP contribution in [0.1, 0.15) is 34.2 Å². The predicted molar refractivity (Wildman–Crippen MR) is 270 cm³/mol. The van der Waals surface area contributed by atoms with Crippen LogP contribution in [0.3, 0.4) is 0 Å². The molecule has 0 aliphatic heterocycles. The highest BCUT2D eigenvalue weighted by molar-refractivity contribution is 7.26. The topological polar surface area (TPSA) is 16.4 Å². The molecular formula is C61H41NOS. The second kappa shape index (κ2) is 14.7. The molecule has 3 heteroatoms. The molecular weight excluding hydrogens is 795 g/mol. The minimum Gasteiger partial charge on any atom is -0.455 e. The van der Waals surface area contributed by atoms with Crippen LogP contribution in [0.5, 0.6) is 0 Å². The number of fused-ring (bicyclic) bond motifs is 10. The molecule has 0 amide bonds. The molecule has 0 bridgehead atoms. The molecule has 0 saturated heterocycles. The van der Waals surface area contributed by atoms with Gasteiger partial charge in [0.15, 0.2) is 0 Å². The van der Waals surface area contributed by atoms with Gasteiger partial charge in [-0.1, -0.05) is 194 Å². The van der Waals surface area contributed by atoms with Crippen molar-refractivity contribution in [2.45, 2.75) is 17.9 Å². The summed E-state index contributed by atoms with van der Waals surface area (Å²) in [6, 6.07) is 77.9. The van der Waals surface area contributed by atoms with Crippen molar-refractivity contribution in [2.24, 2.45) is 0 Å². The minimum absolute atomic E-state index is 0.0692. The van der Waals surface area contributed by atoms with Gasteiger partial charge in [0.2, 0.25) is 0 Å². The van der Waals surface area contributed by atoms with E-state index in [0.29, 0.717) is 0 Å². The van der Waals surface area contributed by atoms with Crippen molar-refractivity contribution < 1.29 is 4.42 Å². The Labute approximate surface area is 376 Å². The van der Waals surface area contributed by atoms with E-state index in [1.807, 2.05) is 11.3 Å². The Morgan fingerprint density at radius 3 is 1.91 bits per heavy atom. The van der Waals surface area contributed by atoms with Crippen molar-refractivity contribution in [3.63, 3.8) is 0 Å². The zero-order valence-corrected chi connectivity index (χ0v) is 35.8. The Balaban J connectivity index is 1.01. The normalized spacial score (nSPS) is 15.1. The predicted octanol–water partition coefficient (Wildman–Crippen LogP) is 16.5. The minimum atomic E-state index is -0.600. The number of benzene rings is 9. The first-order chi connectivity index (χ1) is 31.7. The average molecular weight is 836 g/mol. The molecule has 0 radical (unpaired) electrons. The van der Waals surface area contributed by atoms with Crippen LogP contribution in [0.25, 0.3) is 69.9 Å². The zero-order chi connectivity index (χ0) is 42.2. The molecule has 0 N–H and O–H groups in total. The van der Waals surface area contributed by atoms with Gasteiger partial charge in [-0.2, -0.15) is 0 Å². The van der Waals surface area contributed by atoms with Crippen molar-refractivity contribution in [1.82, 2.24) is 0 Å². The number of para-hydroxylation sites is 1. The van der Waals surface area contributed by atoms with Crippen LogP contribution < -0.4 is 4.90 Å². The van der Waals surface area contributed by atoms with Crippen LogP contribution in [0.15, 0.2) is 235 Å². The van der Waals surface area contributed by atoms with Gasteiger partial charge in [0.05, 0.1) is 11.5 Å². The van der Waals surface area contributed by atoms with E-state index in [2.05, 4.69) is 235 Å². The number of furan rings is 1. The maximum Gasteiger partial charge on any atom is 0.143 e. The van der Waals surface area contributed by atoms with Crippen molar-refractivity contribution in [3.8, 4) is 22.3 Å². The summed E-state index contributed by atoms with van der Waals surface area (Å²) in [6.45, 7) is 0. The molecule has 1 unspecified atom stereocenters. The van der Waals surface area contributed by atoms with Crippen molar-refractivity contribution in [3.05, 3.63) is 258 Å². The van der Waals surface area contributed by atoms with E-state index in [0.717, 1.165) is 39.7 Å². The van der Waals surface area contributed by atoms with Crippen LogP contribution in [0.4, 0.5) is 11.4 Å². The molecule has 2 nitrogen and oxygen atoms in total. The largest absolute Gasteiger partial charge is 0.455 e. The lowest BCUT2D eigenvalue weighted by Crippen LogP contribution is -2.31. The summed E-state index contributed by atoms with van der Waals surface area (Å²) in [5.74, 6) is 0. The van der Waals surface area contributed by atoms with E-state index in [1.54, 1.807) is 0 Å². The smallest absolute Gasteiger partial charge is 0.143 e. The zero-order valence-electron chi connectivity index (χ0n) is 35.0. The third-order valence-corrected chi connectivity index (χ3v) is 14.9. The number of hydrogen-bond acceptors (Lipinski definition) is 3. The van der Waals surface area contributed by atoms with Crippen LogP contribution in [0.2, 0.25) is 0 Å². The molecule has 0 fully saturated rings. The Morgan fingerprint density at radius 2 is 1.16 bits per heavy atom. The average Bonchev–Trinajstić information content (AvgIpc) is 4.04. The summed E-state index contributed by atoms with van der Waals surface area (Å²) in [5, 5.41) is 4.94. The third kappa shape index (κ3) is 5.57. The molecule has 2 aliphatic carbocycles. The summed E-state index contributed by atoms with van der Waals surface area (Å²) >= 11 is 1.89. The second-order valence-corrected chi connectivity index (χ2v) is 18.1. The van der Waals surface area contributed by atoms with E-state index < -0.39 is 5.41 Å². The fourth-order valence-electron chi connectivity index (χ4n) is 10.8. The lowest BCUT2D eigenvalue weighted by molar-refractivity contribution is 0.669. The second-order valence-electron chi connectivity index (χ2n) is 17.1. The Bertz CT molecular complexity index is 3590. The van der Waals surface area contributed by atoms with Crippen LogP contribution in [-0.2, 0) is 5.41 Å². The van der Waals surface area contributed by atoms with Crippen LogP contribution in [-0.4, -0.2) is 6.04 Å². The summed E-state index contributed by atoms with van der Waals surface area (Å²) in [6.07, 6.45) is 8.09. The lowest BCUT2D eigenvalue weighted by atomic mass is 9.67. The molecule has 2 aromatic heterocycles. The third-order valence-electron chi connectivity index (χ3n) is 13.7. The van der Waals surface area contributed by atoms with Gasteiger partial charge in [0.1, 0.15) is 11.2 Å². The van der Waals surface area contributed by atoms with Crippen molar-refractivity contribution in [1.29, 1.82) is 0 Å². The lowest BCUT2D eigenvalue weighted by Gasteiger charge is -2.36. The van der Waals surface area contributed by atoms with Gasteiger partial charge in [0, 0.05) is 47.9 Å². The van der Waals surface area contributed by atoms with Crippen LogP contribution in [0, 0.1) is 0 Å². The quantitative estimate of drug-likeness (QED) is 0.159. The highest BCUT2D eigenvalue weighted by Gasteiger charge is 2.48. The van der Waals surface area contributed by atoms with Gasteiger partial charge in [-0.05, 0) is 92.9 Å². The van der Waals surface area contributed by atoms with Gasteiger partial charge in [0.25, 0.3) is 0 Å². The van der Waals surface area contributed by atoms with Gasteiger partial charge in [-0.15, -0.1) is 11.3 Å². The van der Waals surface area contributed by atoms with E-state index in [1.165, 1.54) is 75.8 Å². The standard InChI is InChI=1S/C61H41NOS/c1-4-15-40(16-5-1)41-27-31-45(32-28-41)62(46-33-29-42(30-34-46)48-23-14-24-52-50-22-11-13-26-57(50)64-60(48)52)47-35-36-53-55(39-47)61(43-17-6-2-7-18-43,44-19-8-3-9-20-44)54-38-37-51-49-21-10-12-25-56(49)63-59(51)58(53)54/h1-33,35-39,46H,34H2. The molecule has 302 valence electrons. The molecule has 2 heterocycles. The molecule has 11 aromatic rings. The van der Waals surface area contributed by atoms with Gasteiger partial charge < -0.3 is 9.32 Å². The number of rotatable bonds is 7. The SMILES string of the molecule is C1=CC(N(c2ccc(-c3ccccc3)cc2)c2ccc3c(c2)C(c2ccccc2)(c2ccccc2)c2ccc4c(oc5ccccc54)c2-3)CC=C1c1cccc2c1sc1ccccc12. The van der Waals surface area contributed by atoms with Crippen molar-refractivity contribution in [2.75, 3.05) is 4.90 Å². The first kappa shape index (κ1) is 36.9. The summed E-state index contributed by atoms with van der Waals surface area (Å²) in [4.78, 5) is 2.55. The van der Waals surface area contributed by atoms with E-state index in [9.17, 15) is 0 Å². The molecule has 0 saturated carbocycles. The van der Waals surface area contributed by atoms with Gasteiger partial charge >= 0.3 is 0 Å². The monoisotopic (exact) mass is 835 g/mol. The van der Waals surface area contributed by atoms with E-state index in [-0.39, 0.29) is 6.04 Å². The summed E-state index contributed by atoms with van der Waals surface area (Å²) in [7, 11) is 0. The fourth-order valence-corrected chi connectivity index (χ4v) is 12.1. The molecule has 2 aliphatic rings. The molecule has 64 heavy (non-hydrogen) atoms. The fraction of sp³-hybridized carbons (Fsp3) is 0.0492. The number of thiophene rings is 1. The maximum absolute atomic E-state index is 6.87. The summed E-state index contributed by atoms with van der Waals surface area (Å²) in [5.41, 5.74) is 15.9. The number of allylic oxidation sites excluding steroid dienone is 2. The number of nitrogens with zero attached hydrogens (tertiary/aromatic N) is 1.